The maximum absolute atomic E-state index is 17.7. The van der Waals surface area contributed by atoms with Crippen molar-refractivity contribution < 1.29 is 43.0 Å². The lowest BCUT2D eigenvalue weighted by molar-refractivity contribution is 0.586. The summed E-state index contributed by atoms with van der Waals surface area (Å²) in [5, 5.41) is 0. The molecule has 0 radical (unpaired) electrons. The Balaban J connectivity index is 1.45. The summed E-state index contributed by atoms with van der Waals surface area (Å²) in [7, 11) is 0. The van der Waals surface area contributed by atoms with E-state index in [1.165, 1.54) is 0 Å². The molecule has 0 fully saturated rings. The molecule has 0 saturated carbocycles. The van der Waals surface area contributed by atoms with Crippen molar-refractivity contribution in [2.24, 2.45) is 0 Å². The normalized spacial score (nSPS) is 19.3. The molecule has 0 spiro atoms. The molecule has 9 aromatic carbocycles. The summed E-state index contributed by atoms with van der Waals surface area (Å²) in [5.74, 6) is -2.87. The van der Waals surface area contributed by atoms with Gasteiger partial charge in [0, 0.05) is 43.7 Å². The van der Waals surface area contributed by atoms with Crippen LogP contribution in [0.1, 0.15) is 34.3 Å². The van der Waals surface area contributed by atoms with E-state index in [4.69, 9.17) is 9.60 Å². The first-order valence-corrected chi connectivity index (χ1v) is 19.5. The van der Waals surface area contributed by atoms with Crippen molar-refractivity contribution in [2.75, 3.05) is 9.80 Å². The van der Waals surface area contributed by atoms with Crippen molar-refractivity contribution in [3.8, 4) is 33.4 Å². The summed E-state index contributed by atoms with van der Waals surface area (Å²) in [6.07, 6.45) is 0. The fourth-order valence-corrected chi connectivity index (χ4v) is 10.5. The van der Waals surface area contributed by atoms with E-state index in [1.807, 2.05) is 0 Å². The van der Waals surface area contributed by atoms with Crippen LogP contribution in [0.5, 0.6) is 0 Å². The minimum atomic E-state index is -1.99. The van der Waals surface area contributed by atoms with Gasteiger partial charge in [-0.25, -0.2) is 8.78 Å². The van der Waals surface area contributed by atoms with Gasteiger partial charge in [0.15, 0.2) is 0 Å². The van der Waals surface area contributed by atoms with Crippen LogP contribution in [0.25, 0.3) is 33.4 Å². The van der Waals surface area contributed by atoms with Crippen LogP contribution in [0.3, 0.4) is 0 Å². The predicted octanol–water partition coefficient (Wildman–Crippen LogP) is 10.3. The monoisotopic (exact) mass is 825 g/mol. The van der Waals surface area contributed by atoms with Gasteiger partial charge in [0.2, 0.25) is 6.71 Å². The van der Waals surface area contributed by atoms with Crippen LogP contribution in [0.2, 0.25) is 0 Å². The molecule has 7 heteroatoms. The number of benzene rings is 9. The van der Waals surface area contributed by atoms with E-state index in [0.29, 0.717) is 5.46 Å². The first-order chi connectivity index (χ1) is 40.5. The smallest absolute Gasteiger partial charge is 0.252 e. The van der Waals surface area contributed by atoms with Crippen molar-refractivity contribution in [2.45, 2.75) is 9.79 Å². The first kappa shape index (κ1) is 18.3. The maximum atomic E-state index is 17.7. The van der Waals surface area contributed by atoms with Gasteiger partial charge < -0.3 is 9.80 Å². The third kappa shape index (κ3) is 4.81. The molecule has 0 bridgehead atoms. The number of nitrogens with zero attached hydrogens (tertiary/aromatic N) is 2. The highest BCUT2D eigenvalue weighted by atomic mass is 32.2. The lowest BCUT2D eigenvalue weighted by Gasteiger charge is -2.50. The Morgan fingerprint density at radius 2 is 0.934 bits per heavy atom. The first-order valence-electron chi connectivity index (χ1n) is 31.2. The van der Waals surface area contributed by atoms with Crippen molar-refractivity contribution >= 4 is 92.1 Å². The maximum Gasteiger partial charge on any atom is 0.252 e. The van der Waals surface area contributed by atoms with Crippen molar-refractivity contribution in [1.29, 1.82) is 0 Å². The van der Waals surface area contributed by atoms with E-state index in [9.17, 15) is 24.7 Å². The molecule has 4 aliphatic heterocycles. The van der Waals surface area contributed by atoms with Crippen LogP contribution < -0.4 is 42.6 Å². The van der Waals surface area contributed by atoms with Gasteiger partial charge in [0.1, 0.15) is 17.3 Å². The predicted molar refractivity (Wildman–Crippen MR) is 252 cm³/mol. The number of halogens is 2. The lowest BCUT2D eigenvalue weighted by Crippen LogP contribution is -2.68. The van der Waals surface area contributed by atoms with Gasteiger partial charge in [-0.05, 0) is 85.9 Å². The topological polar surface area (TPSA) is 6.48 Å². The average Bonchev–Trinajstić information content (AvgIpc) is 0.657. The van der Waals surface area contributed by atoms with Crippen LogP contribution in [0.15, 0.2) is 203 Å². The van der Waals surface area contributed by atoms with E-state index in [0.717, 1.165) is 39.8 Å². The second-order valence-electron chi connectivity index (χ2n) is 14.3. The van der Waals surface area contributed by atoms with Crippen molar-refractivity contribution in [3.63, 3.8) is 0 Å². The molecule has 0 amide bonds. The van der Waals surface area contributed by atoms with Crippen molar-refractivity contribution in [1.82, 2.24) is 0 Å². The second kappa shape index (κ2) is 13.2. The zero-order chi connectivity index (χ0) is 62.1. The molecule has 0 aliphatic carbocycles. The molecule has 13 rings (SSSR count). The average molecular weight is 826 g/mol. The Hall–Kier alpha value is -7.08. The van der Waals surface area contributed by atoms with Crippen LogP contribution in [-0.4, -0.2) is 13.4 Å². The van der Waals surface area contributed by atoms with Gasteiger partial charge in [0.05, 0.1) is 40.0 Å². The lowest BCUT2D eigenvalue weighted by atomic mass is 9.29. The quantitative estimate of drug-likeness (QED) is 0.163. The van der Waals surface area contributed by atoms with E-state index < -0.39 is 254 Å². The zero-order valence-electron chi connectivity index (χ0n) is 55.8. The second-order valence-corrected chi connectivity index (χ2v) is 15.3. The fraction of sp³-hybridized carbons (Fsp3) is 0. The minimum Gasteiger partial charge on any atom is -0.312 e. The Bertz CT molecular complexity index is 4600. The SMILES string of the molecule is [2H]c1c([2H])c([2H])c(-c2c([2H])c([2H])c([2H])c(-c3c([2H])c([2H])c([2H])c([2H])c3[2H])c2-c2c3c4c5c6c2N(c2c(F)cccc2F)c2c([2H])c([2H])c([2H])c([2H])c2B6c2c([2H])c([2H])c([2H])c([2H])c2N5c2c([2H])c([2H])c([2H])c([2H])c2B4c2ccccc2S3)c([2H])c1[2H]. The standard InChI is InChI=1S/C54H32B2F2N2S/c57-41-27-16-28-42(58)51(41)60-45-31-13-9-25-39(45)55-37-23-7-11-29-43(37)59-44-30-12-8-24-38(44)56-40-26-10-14-32-46(40)61-54-48(52(60)49(55)53(59)50(54)56)47-35(33-17-3-1-4-18-33)21-15-22-36(47)34-19-5-2-6-20-34/h1-32H/i1D,2D,3D,4D,5D,6D,7D,8D,9D,11D,12D,13D,15D,17D,18D,19D,20D,21D,22D,23D,24D,25D,29D,30D,31D. The minimum absolute atomic E-state index is 0.0756. The number of fused-ring (bicyclic) bond motifs is 10. The van der Waals surface area contributed by atoms with Crippen LogP contribution >= 0.6 is 11.8 Å². The molecule has 0 saturated heterocycles. The molecular formula is C54H32B2F2N2S. The fourth-order valence-electron chi connectivity index (χ4n) is 9.16. The summed E-state index contributed by atoms with van der Waals surface area (Å²) in [5.41, 5.74) is -10.1. The number of hydrogen-bond donors (Lipinski definition) is 0. The van der Waals surface area contributed by atoms with Gasteiger partial charge >= 0.3 is 0 Å². The highest BCUT2D eigenvalue weighted by Crippen LogP contribution is 2.56. The van der Waals surface area contributed by atoms with Gasteiger partial charge in [-0.2, -0.15) is 0 Å². The molecule has 0 N–H and O–H groups in total. The summed E-state index contributed by atoms with van der Waals surface area (Å²) in [6, 6.07) is -15.0. The molecule has 61 heavy (non-hydrogen) atoms. The molecule has 2 nitrogen and oxygen atoms in total. The zero-order valence-corrected chi connectivity index (χ0v) is 31.6. The molecule has 4 aliphatic rings. The van der Waals surface area contributed by atoms with E-state index >= 15 is 8.78 Å². The van der Waals surface area contributed by atoms with Gasteiger partial charge in [-0.15, -0.1) is 0 Å². The van der Waals surface area contributed by atoms with Crippen molar-refractivity contribution in [3.05, 3.63) is 205 Å². The highest BCUT2D eigenvalue weighted by Gasteiger charge is 2.52. The Morgan fingerprint density at radius 3 is 1.52 bits per heavy atom. The Morgan fingerprint density at radius 1 is 0.426 bits per heavy atom. The van der Waals surface area contributed by atoms with Gasteiger partial charge in [-0.3, -0.25) is 0 Å². The molecular weight excluding hydrogens is 768 g/mol. The Kier molecular flexibility index (Phi) is 3.96. The largest absolute Gasteiger partial charge is 0.312 e. The molecule has 9 aromatic rings. The molecule has 4 heterocycles. The van der Waals surface area contributed by atoms with Crippen LogP contribution in [0.4, 0.5) is 42.9 Å². The summed E-state index contributed by atoms with van der Waals surface area (Å²) in [4.78, 5) is 1.90. The molecule has 0 unspecified atom stereocenters. The van der Waals surface area contributed by atoms with Gasteiger partial charge in [-0.1, -0.05) is 174 Å². The van der Waals surface area contributed by atoms with Crippen LogP contribution in [0, 0.1) is 11.6 Å². The van der Waals surface area contributed by atoms with E-state index in [2.05, 4.69) is 0 Å². The van der Waals surface area contributed by atoms with E-state index in [-0.39, 0.29) is 26.4 Å². The number of para-hydroxylation sites is 4. The Labute approximate surface area is 393 Å². The van der Waals surface area contributed by atoms with Gasteiger partial charge in [0.25, 0.3) is 6.71 Å². The molecule has 0 atom stereocenters. The summed E-state index contributed by atoms with van der Waals surface area (Å²) < 4.78 is 271. The molecule has 284 valence electrons. The third-order valence-corrected chi connectivity index (χ3v) is 12.6. The summed E-state index contributed by atoms with van der Waals surface area (Å²) >= 11 is 0.816. The molecule has 0 aromatic heterocycles. The number of rotatable bonds is 4. The highest BCUT2D eigenvalue weighted by molar-refractivity contribution is 8.00. The summed E-state index contributed by atoms with van der Waals surface area (Å²) in [6.45, 7) is -3.47. The van der Waals surface area contributed by atoms with Crippen LogP contribution in [-0.2, 0) is 0 Å². The number of anilines is 6. The van der Waals surface area contributed by atoms with E-state index in [1.54, 1.807) is 24.3 Å². The number of hydrogen-bond acceptors (Lipinski definition) is 3. The third-order valence-electron chi connectivity index (χ3n) is 11.4.